The zero-order valence-electron chi connectivity index (χ0n) is 8.21. The highest BCUT2D eigenvalue weighted by Gasteiger charge is 2.15. The second-order valence-electron chi connectivity index (χ2n) is 3.52. The molecule has 1 unspecified atom stereocenters. The van der Waals surface area contributed by atoms with Gasteiger partial charge in [-0.2, -0.15) is 0 Å². The van der Waals surface area contributed by atoms with E-state index in [-0.39, 0.29) is 6.29 Å². The molecule has 2 rings (SSSR count). The Balaban J connectivity index is 2.02. The van der Waals surface area contributed by atoms with Crippen molar-refractivity contribution in [2.24, 2.45) is 0 Å². The van der Waals surface area contributed by atoms with E-state index in [2.05, 4.69) is 44.6 Å². The van der Waals surface area contributed by atoms with Crippen molar-refractivity contribution in [1.29, 1.82) is 0 Å². The molecule has 1 atom stereocenters. The lowest BCUT2D eigenvalue weighted by Gasteiger charge is -2.23. The molecule has 0 amide bonds. The van der Waals surface area contributed by atoms with Crippen molar-refractivity contribution in [3.63, 3.8) is 0 Å². The Hall–Kier alpha value is 0.190. The van der Waals surface area contributed by atoms with Gasteiger partial charge < -0.3 is 9.47 Å². The lowest BCUT2D eigenvalue weighted by atomic mass is 10.2. The SMILES string of the molecule is Brc1cc(I)cc(OC2CCCCO2)c1. The molecule has 1 aromatic carbocycles. The fourth-order valence-corrected chi connectivity index (χ4v) is 3.10. The van der Waals surface area contributed by atoms with Crippen molar-refractivity contribution in [3.05, 3.63) is 26.2 Å². The molecule has 82 valence electrons. The Morgan fingerprint density at radius 1 is 1.33 bits per heavy atom. The number of rotatable bonds is 2. The Labute approximate surface area is 112 Å². The first-order valence-corrected chi connectivity index (χ1v) is 6.85. The zero-order valence-corrected chi connectivity index (χ0v) is 12.0. The fraction of sp³-hybridized carbons (Fsp3) is 0.455. The van der Waals surface area contributed by atoms with Crippen molar-refractivity contribution in [2.75, 3.05) is 6.61 Å². The highest BCUT2D eigenvalue weighted by Crippen LogP contribution is 2.25. The number of benzene rings is 1. The minimum atomic E-state index is -0.0659. The predicted molar refractivity (Wildman–Crippen MR) is 71.1 cm³/mol. The summed E-state index contributed by atoms with van der Waals surface area (Å²) in [6, 6.07) is 6.04. The zero-order chi connectivity index (χ0) is 10.7. The van der Waals surface area contributed by atoms with E-state index in [1.807, 2.05) is 12.1 Å². The Morgan fingerprint density at radius 3 is 2.87 bits per heavy atom. The van der Waals surface area contributed by atoms with Gasteiger partial charge in [-0.3, -0.25) is 0 Å². The van der Waals surface area contributed by atoms with Crippen molar-refractivity contribution < 1.29 is 9.47 Å². The summed E-state index contributed by atoms with van der Waals surface area (Å²) in [5.74, 6) is 0.876. The summed E-state index contributed by atoms with van der Waals surface area (Å²) >= 11 is 5.73. The summed E-state index contributed by atoms with van der Waals surface area (Å²) in [5.41, 5.74) is 0. The predicted octanol–water partition coefficient (Wildman–Crippen LogP) is 3.96. The van der Waals surface area contributed by atoms with Gasteiger partial charge >= 0.3 is 0 Å². The van der Waals surface area contributed by atoms with Gasteiger partial charge in [0, 0.05) is 14.5 Å². The average Bonchev–Trinajstić information content (AvgIpc) is 2.17. The van der Waals surface area contributed by atoms with E-state index in [9.17, 15) is 0 Å². The number of halogens is 2. The highest BCUT2D eigenvalue weighted by molar-refractivity contribution is 14.1. The van der Waals surface area contributed by atoms with Crippen molar-refractivity contribution >= 4 is 38.5 Å². The van der Waals surface area contributed by atoms with E-state index in [4.69, 9.17) is 9.47 Å². The molecule has 0 saturated carbocycles. The van der Waals surface area contributed by atoms with Gasteiger partial charge in [-0.1, -0.05) is 15.9 Å². The van der Waals surface area contributed by atoms with Gasteiger partial charge in [0.1, 0.15) is 5.75 Å². The second-order valence-corrected chi connectivity index (χ2v) is 5.68. The van der Waals surface area contributed by atoms with Crippen LogP contribution >= 0.6 is 38.5 Å². The third-order valence-corrected chi connectivity index (χ3v) is 3.32. The van der Waals surface area contributed by atoms with Crippen molar-refractivity contribution in [1.82, 2.24) is 0 Å². The molecule has 1 aliphatic rings. The summed E-state index contributed by atoms with van der Waals surface area (Å²) in [5, 5.41) is 0. The maximum absolute atomic E-state index is 5.76. The Morgan fingerprint density at radius 2 is 2.20 bits per heavy atom. The normalized spacial score (nSPS) is 21.3. The van der Waals surface area contributed by atoms with Crippen LogP contribution in [0.15, 0.2) is 22.7 Å². The molecule has 1 saturated heterocycles. The number of hydrogen-bond donors (Lipinski definition) is 0. The maximum Gasteiger partial charge on any atom is 0.199 e. The molecule has 0 bridgehead atoms. The van der Waals surface area contributed by atoms with Crippen LogP contribution in [0.5, 0.6) is 5.75 Å². The Bertz CT molecular complexity index is 317. The Kier molecular flexibility index (Phi) is 4.28. The maximum atomic E-state index is 5.76. The van der Waals surface area contributed by atoms with Gasteiger partial charge in [0.15, 0.2) is 6.29 Å². The van der Waals surface area contributed by atoms with Crippen LogP contribution < -0.4 is 4.74 Å². The van der Waals surface area contributed by atoms with E-state index in [0.29, 0.717) is 0 Å². The number of hydrogen-bond acceptors (Lipinski definition) is 2. The molecule has 1 fully saturated rings. The van der Waals surface area contributed by atoms with Crippen LogP contribution in [0, 0.1) is 3.57 Å². The summed E-state index contributed by atoms with van der Waals surface area (Å²) in [6.07, 6.45) is 3.26. The summed E-state index contributed by atoms with van der Waals surface area (Å²) in [6.45, 7) is 0.815. The van der Waals surface area contributed by atoms with E-state index < -0.39 is 0 Å². The first-order valence-electron chi connectivity index (χ1n) is 4.98. The largest absolute Gasteiger partial charge is 0.465 e. The van der Waals surface area contributed by atoms with Crippen molar-refractivity contribution in [3.8, 4) is 5.75 Å². The fourth-order valence-electron chi connectivity index (χ4n) is 1.55. The molecule has 15 heavy (non-hydrogen) atoms. The lowest BCUT2D eigenvalue weighted by Crippen LogP contribution is -2.24. The van der Waals surface area contributed by atoms with Gasteiger partial charge in [0.05, 0.1) is 6.61 Å². The van der Waals surface area contributed by atoms with Gasteiger partial charge in [0.25, 0.3) is 0 Å². The smallest absolute Gasteiger partial charge is 0.199 e. The monoisotopic (exact) mass is 382 g/mol. The molecule has 0 spiro atoms. The third-order valence-electron chi connectivity index (χ3n) is 2.24. The van der Waals surface area contributed by atoms with Gasteiger partial charge in [-0.25, -0.2) is 0 Å². The molecular formula is C11H12BrIO2. The van der Waals surface area contributed by atoms with E-state index >= 15 is 0 Å². The van der Waals surface area contributed by atoms with E-state index in [0.717, 1.165) is 33.2 Å². The van der Waals surface area contributed by atoms with Crippen LogP contribution in [0.3, 0.4) is 0 Å². The minimum Gasteiger partial charge on any atom is -0.465 e. The van der Waals surface area contributed by atoms with Crippen LogP contribution in [0.1, 0.15) is 19.3 Å². The summed E-state index contributed by atoms with van der Waals surface area (Å²) in [4.78, 5) is 0. The molecule has 2 nitrogen and oxygen atoms in total. The molecule has 1 heterocycles. The minimum absolute atomic E-state index is 0.0659. The van der Waals surface area contributed by atoms with E-state index in [1.165, 1.54) is 6.42 Å². The molecule has 1 aromatic rings. The van der Waals surface area contributed by atoms with Crippen LogP contribution in [-0.2, 0) is 4.74 Å². The lowest BCUT2D eigenvalue weighted by molar-refractivity contribution is -0.105. The van der Waals surface area contributed by atoms with Crippen molar-refractivity contribution in [2.45, 2.75) is 25.6 Å². The second kappa shape index (κ2) is 5.50. The summed E-state index contributed by atoms with van der Waals surface area (Å²) in [7, 11) is 0. The quantitative estimate of drug-likeness (QED) is 0.721. The van der Waals surface area contributed by atoms with Crippen LogP contribution in [0.2, 0.25) is 0 Å². The standard InChI is InChI=1S/C11H12BrIO2/c12-8-5-9(13)7-10(6-8)15-11-3-1-2-4-14-11/h5-7,11H,1-4H2. The third kappa shape index (κ3) is 3.60. The molecule has 0 N–H and O–H groups in total. The van der Waals surface area contributed by atoms with Crippen LogP contribution in [0.25, 0.3) is 0 Å². The van der Waals surface area contributed by atoms with Crippen LogP contribution in [-0.4, -0.2) is 12.9 Å². The van der Waals surface area contributed by atoms with Gasteiger partial charge in [-0.05, 0) is 53.6 Å². The summed E-state index contributed by atoms with van der Waals surface area (Å²) < 4.78 is 13.5. The molecule has 1 aliphatic heterocycles. The molecule has 4 heteroatoms. The van der Waals surface area contributed by atoms with Crippen LogP contribution in [0.4, 0.5) is 0 Å². The van der Waals surface area contributed by atoms with Gasteiger partial charge in [0.2, 0.25) is 0 Å². The van der Waals surface area contributed by atoms with Gasteiger partial charge in [-0.15, -0.1) is 0 Å². The van der Waals surface area contributed by atoms with E-state index in [1.54, 1.807) is 0 Å². The molecule has 0 aliphatic carbocycles. The molecule has 0 aromatic heterocycles. The first kappa shape index (κ1) is 11.7. The average molecular weight is 383 g/mol. The topological polar surface area (TPSA) is 18.5 Å². The highest BCUT2D eigenvalue weighted by atomic mass is 127. The molecular weight excluding hydrogens is 371 g/mol. The molecule has 0 radical (unpaired) electrons. The number of ether oxygens (including phenoxy) is 2. The first-order chi connectivity index (χ1) is 7.24.